The van der Waals surface area contributed by atoms with E-state index in [-0.39, 0.29) is 11.4 Å². The van der Waals surface area contributed by atoms with Crippen molar-refractivity contribution < 1.29 is 4.79 Å². The summed E-state index contributed by atoms with van der Waals surface area (Å²) in [7, 11) is 0. The van der Waals surface area contributed by atoms with E-state index in [2.05, 4.69) is 34.5 Å². The molecule has 0 aliphatic carbocycles. The predicted octanol–water partition coefficient (Wildman–Crippen LogP) is 2.35. The maximum Gasteiger partial charge on any atom is 0.222 e. The molecule has 0 saturated heterocycles. The lowest BCUT2D eigenvalue weighted by Gasteiger charge is -2.23. The van der Waals surface area contributed by atoms with Gasteiger partial charge in [0.2, 0.25) is 5.91 Å². The van der Waals surface area contributed by atoms with E-state index in [9.17, 15) is 4.79 Å². The molecule has 0 aromatic heterocycles. The minimum atomic E-state index is -0.139. The molecular weight excluding hydrogens is 224 g/mol. The molecule has 0 saturated carbocycles. The van der Waals surface area contributed by atoms with Gasteiger partial charge >= 0.3 is 0 Å². The number of hydrogen-bond donors (Lipinski definition) is 1. The van der Waals surface area contributed by atoms with Crippen molar-refractivity contribution in [1.82, 2.24) is 5.32 Å². The molecule has 1 heterocycles. The van der Waals surface area contributed by atoms with E-state index >= 15 is 0 Å². The van der Waals surface area contributed by atoms with Crippen LogP contribution in [0.25, 0.3) is 0 Å². The number of rotatable bonds is 3. The molecule has 1 amide bonds. The molecule has 0 unspecified atom stereocenters. The van der Waals surface area contributed by atoms with Crippen molar-refractivity contribution in [2.75, 3.05) is 18.0 Å². The first kappa shape index (κ1) is 12.9. The summed E-state index contributed by atoms with van der Waals surface area (Å²) in [4.78, 5) is 14.1. The second-order valence-corrected chi connectivity index (χ2v) is 5.91. The Kier molecular flexibility index (Phi) is 3.60. The quantitative estimate of drug-likeness (QED) is 0.888. The van der Waals surface area contributed by atoms with E-state index in [0.717, 1.165) is 19.5 Å². The number of hydrogen-bond acceptors (Lipinski definition) is 2. The monoisotopic (exact) mass is 246 g/mol. The van der Waals surface area contributed by atoms with Gasteiger partial charge in [0.05, 0.1) is 0 Å². The fourth-order valence-electron chi connectivity index (χ4n) is 2.36. The molecule has 3 heteroatoms. The van der Waals surface area contributed by atoms with Gasteiger partial charge in [-0.1, -0.05) is 18.2 Å². The Morgan fingerprint density at radius 3 is 2.78 bits per heavy atom. The van der Waals surface area contributed by atoms with Gasteiger partial charge in [-0.3, -0.25) is 4.79 Å². The number of nitrogens with zero attached hydrogens (tertiary/aromatic N) is 1. The van der Waals surface area contributed by atoms with Gasteiger partial charge in [-0.25, -0.2) is 0 Å². The Hall–Kier alpha value is -1.51. The lowest BCUT2D eigenvalue weighted by molar-refractivity contribution is -0.122. The van der Waals surface area contributed by atoms with Crippen molar-refractivity contribution in [3.8, 4) is 0 Å². The molecule has 1 aromatic rings. The fourth-order valence-corrected chi connectivity index (χ4v) is 2.36. The van der Waals surface area contributed by atoms with Gasteiger partial charge in [-0.2, -0.15) is 0 Å². The van der Waals surface area contributed by atoms with Crippen LogP contribution in [-0.2, 0) is 11.2 Å². The van der Waals surface area contributed by atoms with Crippen LogP contribution in [-0.4, -0.2) is 24.5 Å². The van der Waals surface area contributed by atoms with E-state index in [1.54, 1.807) is 0 Å². The van der Waals surface area contributed by atoms with Gasteiger partial charge in [0.15, 0.2) is 0 Å². The van der Waals surface area contributed by atoms with Crippen LogP contribution in [0.2, 0.25) is 0 Å². The number of benzene rings is 1. The molecule has 98 valence electrons. The third-order valence-electron chi connectivity index (χ3n) is 3.11. The van der Waals surface area contributed by atoms with Crippen molar-refractivity contribution in [2.45, 2.75) is 39.2 Å². The topological polar surface area (TPSA) is 32.3 Å². The number of amides is 1. The summed E-state index contributed by atoms with van der Waals surface area (Å²) in [6, 6.07) is 8.45. The summed E-state index contributed by atoms with van der Waals surface area (Å²) < 4.78 is 0. The first-order valence-electron chi connectivity index (χ1n) is 6.59. The number of para-hydroxylation sites is 1. The zero-order chi connectivity index (χ0) is 13.2. The average molecular weight is 246 g/mol. The fraction of sp³-hybridized carbons (Fsp3) is 0.533. The molecule has 1 N–H and O–H groups in total. The van der Waals surface area contributed by atoms with Crippen LogP contribution in [0, 0.1) is 0 Å². The smallest absolute Gasteiger partial charge is 0.222 e. The second kappa shape index (κ2) is 5.01. The molecule has 0 bridgehead atoms. The number of nitrogens with one attached hydrogen (secondary N) is 1. The van der Waals surface area contributed by atoms with Gasteiger partial charge in [-0.15, -0.1) is 0 Å². The summed E-state index contributed by atoms with van der Waals surface area (Å²) in [5.74, 6) is 0.131. The molecule has 1 aliphatic rings. The van der Waals surface area contributed by atoms with Crippen molar-refractivity contribution in [3.63, 3.8) is 0 Å². The Morgan fingerprint density at radius 1 is 1.33 bits per heavy atom. The van der Waals surface area contributed by atoms with E-state index < -0.39 is 0 Å². The lowest BCUT2D eigenvalue weighted by Crippen LogP contribution is -2.41. The van der Waals surface area contributed by atoms with Crippen LogP contribution in [0.15, 0.2) is 24.3 Å². The van der Waals surface area contributed by atoms with Gasteiger partial charge in [-0.05, 0) is 38.8 Å². The average Bonchev–Trinajstić information content (AvgIpc) is 2.67. The van der Waals surface area contributed by atoms with Gasteiger partial charge in [0, 0.05) is 30.7 Å². The van der Waals surface area contributed by atoms with Gasteiger partial charge in [0.25, 0.3) is 0 Å². The highest BCUT2D eigenvalue weighted by atomic mass is 16.1. The Labute approximate surface area is 109 Å². The number of anilines is 1. The summed E-state index contributed by atoms with van der Waals surface area (Å²) in [6.07, 6.45) is 1.66. The van der Waals surface area contributed by atoms with E-state index in [1.165, 1.54) is 11.3 Å². The third-order valence-corrected chi connectivity index (χ3v) is 3.11. The SMILES string of the molecule is CC(C)(C)NC(=O)CCN1CCc2ccccc21. The zero-order valence-electron chi connectivity index (χ0n) is 11.5. The molecular formula is C15H22N2O. The van der Waals surface area contributed by atoms with Crippen molar-refractivity contribution in [1.29, 1.82) is 0 Å². The van der Waals surface area contributed by atoms with Crippen LogP contribution in [0.1, 0.15) is 32.8 Å². The number of carbonyl (C=O) groups excluding carboxylic acids is 1. The van der Waals surface area contributed by atoms with Crippen LogP contribution in [0.4, 0.5) is 5.69 Å². The largest absolute Gasteiger partial charge is 0.370 e. The Morgan fingerprint density at radius 2 is 2.06 bits per heavy atom. The standard InChI is InChI=1S/C15H22N2O/c1-15(2,3)16-14(18)9-11-17-10-8-12-6-4-5-7-13(12)17/h4-7H,8-11H2,1-3H3,(H,16,18). The van der Waals surface area contributed by atoms with Crippen molar-refractivity contribution in [3.05, 3.63) is 29.8 Å². The molecule has 1 aliphatic heterocycles. The Bertz CT molecular complexity index is 434. The van der Waals surface area contributed by atoms with Crippen LogP contribution in [0.3, 0.4) is 0 Å². The van der Waals surface area contributed by atoms with E-state index in [4.69, 9.17) is 0 Å². The van der Waals surface area contributed by atoms with Crippen LogP contribution < -0.4 is 10.2 Å². The lowest BCUT2D eigenvalue weighted by atomic mass is 10.1. The highest BCUT2D eigenvalue weighted by Gasteiger charge is 2.20. The molecule has 1 aromatic carbocycles. The molecule has 18 heavy (non-hydrogen) atoms. The molecule has 2 rings (SSSR count). The summed E-state index contributed by atoms with van der Waals surface area (Å²) in [5.41, 5.74) is 2.55. The summed E-state index contributed by atoms with van der Waals surface area (Å²) in [5, 5.41) is 3.00. The highest BCUT2D eigenvalue weighted by Crippen LogP contribution is 2.27. The minimum Gasteiger partial charge on any atom is -0.370 e. The second-order valence-electron chi connectivity index (χ2n) is 5.91. The maximum atomic E-state index is 11.8. The van der Waals surface area contributed by atoms with Crippen molar-refractivity contribution in [2.24, 2.45) is 0 Å². The third kappa shape index (κ3) is 3.25. The Balaban J connectivity index is 1.87. The first-order valence-corrected chi connectivity index (χ1v) is 6.59. The van der Waals surface area contributed by atoms with E-state index in [0.29, 0.717) is 6.42 Å². The summed E-state index contributed by atoms with van der Waals surface area (Å²) in [6.45, 7) is 7.86. The maximum absolute atomic E-state index is 11.8. The van der Waals surface area contributed by atoms with Gasteiger partial charge in [0.1, 0.15) is 0 Å². The molecule has 0 fully saturated rings. The predicted molar refractivity (Wildman–Crippen MR) is 74.9 cm³/mol. The number of carbonyl (C=O) groups is 1. The van der Waals surface area contributed by atoms with Crippen LogP contribution in [0.5, 0.6) is 0 Å². The molecule has 0 radical (unpaired) electrons. The molecule has 0 spiro atoms. The van der Waals surface area contributed by atoms with Crippen molar-refractivity contribution >= 4 is 11.6 Å². The van der Waals surface area contributed by atoms with Crippen LogP contribution >= 0.6 is 0 Å². The highest BCUT2D eigenvalue weighted by molar-refractivity contribution is 5.77. The molecule has 3 nitrogen and oxygen atoms in total. The normalized spacial score (nSPS) is 14.5. The zero-order valence-corrected chi connectivity index (χ0v) is 11.5. The van der Waals surface area contributed by atoms with Gasteiger partial charge < -0.3 is 10.2 Å². The first-order chi connectivity index (χ1) is 8.46. The summed E-state index contributed by atoms with van der Waals surface area (Å²) >= 11 is 0. The minimum absolute atomic E-state index is 0.131. The van der Waals surface area contributed by atoms with E-state index in [1.807, 2.05) is 20.8 Å². The number of fused-ring (bicyclic) bond motifs is 1. The molecule has 0 atom stereocenters.